The highest BCUT2D eigenvalue weighted by molar-refractivity contribution is 7.17. The summed E-state index contributed by atoms with van der Waals surface area (Å²) in [6, 6.07) is 10.1. The summed E-state index contributed by atoms with van der Waals surface area (Å²) in [7, 11) is 1.49. The van der Waals surface area contributed by atoms with Crippen molar-refractivity contribution >= 4 is 34.1 Å². The van der Waals surface area contributed by atoms with E-state index in [1.165, 1.54) is 31.0 Å². The van der Waals surface area contributed by atoms with Crippen LogP contribution in [0, 0.1) is 18.3 Å². The first-order chi connectivity index (χ1) is 19.3. The number of amides is 2. The van der Waals surface area contributed by atoms with E-state index in [1.807, 2.05) is 13.8 Å². The molecular weight excluding hydrogens is 538 g/mol. The molecular formula is C26H27N7O6S. The molecule has 0 aliphatic heterocycles. The molecule has 0 fully saturated rings. The minimum atomic E-state index is -0.898. The molecule has 1 aromatic carbocycles. The zero-order valence-electron chi connectivity index (χ0n) is 22.5. The smallest absolute Gasteiger partial charge is 0.379 e. The lowest BCUT2D eigenvalue weighted by atomic mass is 9.95. The Hall–Kier alpha value is -4.87. The highest BCUT2D eigenvalue weighted by atomic mass is 32.1. The number of hydrogen-bond acceptors (Lipinski definition) is 11. The number of carbonyl (C=O) groups is 2. The SMILES string of the molecule is CC.COCCOc1c(-c2c(C)cccc2C#N)cc(C(=O)Nc2nnc(-n3nccc3NC(C)=O)s2)oc1=O. The topological polar surface area (TPSA) is 174 Å². The van der Waals surface area contributed by atoms with Crippen LogP contribution in [0.3, 0.4) is 0 Å². The maximum atomic E-state index is 13.1. The van der Waals surface area contributed by atoms with Gasteiger partial charge >= 0.3 is 5.63 Å². The largest absolute Gasteiger partial charge is 0.484 e. The van der Waals surface area contributed by atoms with Crippen molar-refractivity contribution in [2.45, 2.75) is 27.7 Å². The fourth-order valence-corrected chi connectivity index (χ4v) is 4.22. The van der Waals surface area contributed by atoms with Gasteiger partial charge < -0.3 is 19.2 Å². The van der Waals surface area contributed by atoms with Crippen molar-refractivity contribution in [3.63, 3.8) is 0 Å². The number of hydrogen-bond donors (Lipinski definition) is 2. The lowest BCUT2D eigenvalue weighted by molar-refractivity contribution is -0.114. The van der Waals surface area contributed by atoms with Crippen LogP contribution >= 0.6 is 11.3 Å². The van der Waals surface area contributed by atoms with Crippen molar-refractivity contribution in [2.75, 3.05) is 31.0 Å². The number of nitriles is 1. The predicted octanol–water partition coefficient (Wildman–Crippen LogP) is 3.79. The van der Waals surface area contributed by atoms with Crippen LogP contribution in [-0.4, -0.2) is 52.1 Å². The fraction of sp³-hybridized carbons (Fsp3) is 0.269. The standard InChI is InChI=1S/C24H21N7O6S.C2H6/c1-13-5-4-6-15(12-25)19(13)16-11-17(37-22(34)20(16)36-10-9-35-3)21(33)28-23-29-30-24(38-23)31-18(7-8-26-31)27-14(2)32;1-2/h4-8,11H,9-10H2,1-3H3,(H,27,32)(H,28,29,33);1-2H3. The van der Waals surface area contributed by atoms with E-state index in [0.29, 0.717) is 22.5 Å². The average molecular weight is 566 g/mol. The molecule has 3 heterocycles. The van der Waals surface area contributed by atoms with Crippen molar-refractivity contribution < 1.29 is 23.5 Å². The quantitative estimate of drug-likeness (QED) is 0.284. The van der Waals surface area contributed by atoms with Crippen molar-refractivity contribution in [1.82, 2.24) is 20.0 Å². The Morgan fingerprint density at radius 2 is 1.95 bits per heavy atom. The van der Waals surface area contributed by atoms with Gasteiger partial charge in [0.25, 0.3) is 5.91 Å². The number of benzene rings is 1. The number of aryl methyl sites for hydroxylation is 1. The number of nitrogens with one attached hydrogen (secondary N) is 2. The van der Waals surface area contributed by atoms with E-state index >= 15 is 0 Å². The van der Waals surface area contributed by atoms with Crippen LogP contribution in [0.4, 0.5) is 10.9 Å². The van der Waals surface area contributed by atoms with E-state index in [4.69, 9.17) is 13.9 Å². The molecule has 4 aromatic rings. The Labute approximate surface area is 233 Å². The molecule has 208 valence electrons. The van der Waals surface area contributed by atoms with Gasteiger partial charge in [-0.05, 0) is 24.6 Å². The van der Waals surface area contributed by atoms with E-state index in [1.54, 1.807) is 31.2 Å². The number of methoxy groups -OCH3 is 1. The molecule has 0 aliphatic carbocycles. The van der Waals surface area contributed by atoms with Crippen LogP contribution in [0.25, 0.3) is 16.3 Å². The van der Waals surface area contributed by atoms with Gasteiger partial charge in [0, 0.05) is 31.2 Å². The highest BCUT2D eigenvalue weighted by Crippen LogP contribution is 2.34. The Balaban J connectivity index is 0.00000216. The molecule has 2 N–H and O–H groups in total. The first-order valence-corrected chi connectivity index (χ1v) is 12.9. The van der Waals surface area contributed by atoms with E-state index < -0.39 is 11.5 Å². The Morgan fingerprint density at radius 1 is 1.18 bits per heavy atom. The summed E-state index contributed by atoms with van der Waals surface area (Å²) in [5.74, 6) is -1.17. The summed E-state index contributed by atoms with van der Waals surface area (Å²) in [6.45, 7) is 7.39. The van der Waals surface area contributed by atoms with Crippen LogP contribution in [0.15, 0.2) is 45.7 Å². The lowest BCUT2D eigenvalue weighted by Gasteiger charge is -2.14. The van der Waals surface area contributed by atoms with E-state index in [2.05, 4.69) is 32.0 Å². The fourth-order valence-electron chi connectivity index (χ4n) is 3.50. The molecule has 0 saturated heterocycles. The van der Waals surface area contributed by atoms with Gasteiger partial charge in [0.05, 0.1) is 24.4 Å². The van der Waals surface area contributed by atoms with Gasteiger partial charge in [0.1, 0.15) is 12.4 Å². The summed E-state index contributed by atoms with van der Waals surface area (Å²) in [4.78, 5) is 37.4. The molecule has 13 nitrogen and oxygen atoms in total. The van der Waals surface area contributed by atoms with Gasteiger partial charge in [-0.2, -0.15) is 15.0 Å². The zero-order chi connectivity index (χ0) is 29.2. The number of carbonyl (C=O) groups excluding carboxylic acids is 2. The molecule has 2 amide bonds. The van der Waals surface area contributed by atoms with Crippen LogP contribution in [0.1, 0.15) is 42.5 Å². The van der Waals surface area contributed by atoms with Gasteiger partial charge in [0.15, 0.2) is 5.76 Å². The van der Waals surface area contributed by atoms with Crippen molar-refractivity contribution in [2.24, 2.45) is 0 Å². The summed E-state index contributed by atoms with van der Waals surface area (Å²) < 4.78 is 17.2. The lowest BCUT2D eigenvalue weighted by Crippen LogP contribution is -2.18. The van der Waals surface area contributed by atoms with Crippen molar-refractivity contribution in [3.05, 3.63) is 63.8 Å². The zero-order valence-corrected chi connectivity index (χ0v) is 23.3. The van der Waals surface area contributed by atoms with Crippen molar-refractivity contribution in [1.29, 1.82) is 5.26 Å². The maximum Gasteiger partial charge on any atom is 0.379 e. The van der Waals surface area contributed by atoms with Gasteiger partial charge in [0.2, 0.25) is 21.9 Å². The molecule has 0 spiro atoms. The van der Waals surface area contributed by atoms with Crippen LogP contribution in [0.5, 0.6) is 5.75 Å². The van der Waals surface area contributed by atoms with Crippen LogP contribution in [0.2, 0.25) is 0 Å². The van der Waals surface area contributed by atoms with E-state index in [0.717, 1.165) is 11.3 Å². The maximum absolute atomic E-state index is 13.1. The second-order valence-corrected chi connectivity index (χ2v) is 8.70. The van der Waals surface area contributed by atoms with Crippen molar-refractivity contribution in [3.8, 4) is 28.1 Å². The van der Waals surface area contributed by atoms with Crippen LogP contribution < -0.4 is 21.0 Å². The second kappa shape index (κ2) is 13.8. The third-order valence-corrected chi connectivity index (χ3v) is 5.91. The number of aromatic nitrogens is 4. The average Bonchev–Trinajstić information content (AvgIpc) is 3.59. The number of nitrogens with zero attached hydrogens (tertiary/aromatic N) is 5. The molecule has 0 aliphatic rings. The minimum Gasteiger partial charge on any atom is -0.484 e. The third-order valence-electron chi connectivity index (χ3n) is 5.09. The number of ether oxygens (including phenoxy) is 2. The van der Waals surface area contributed by atoms with E-state index in [-0.39, 0.29) is 46.5 Å². The summed E-state index contributed by atoms with van der Waals surface area (Å²) >= 11 is 0.978. The molecule has 14 heteroatoms. The Kier molecular flexibility index (Phi) is 10.2. The van der Waals surface area contributed by atoms with Crippen LogP contribution in [-0.2, 0) is 9.53 Å². The molecule has 4 rings (SSSR count). The Bertz CT molecular complexity index is 1600. The van der Waals surface area contributed by atoms with Gasteiger partial charge in [-0.1, -0.05) is 37.3 Å². The molecule has 0 radical (unpaired) electrons. The van der Waals surface area contributed by atoms with Gasteiger partial charge in [-0.25, -0.2) is 4.79 Å². The predicted molar refractivity (Wildman–Crippen MR) is 148 cm³/mol. The first kappa shape index (κ1) is 29.7. The molecule has 3 aromatic heterocycles. The number of anilines is 2. The minimum absolute atomic E-state index is 0.0506. The number of rotatable bonds is 9. The molecule has 0 bridgehead atoms. The summed E-state index contributed by atoms with van der Waals surface area (Å²) in [5, 5.41) is 27.2. The van der Waals surface area contributed by atoms with E-state index in [9.17, 15) is 19.6 Å². The molecule has 0 unspecified atom stereocenters. The van der Waals surface area contributed by atoms with Gasteiger partial charge in [-0.3, -0.25) is 14.9 Å². The summed E-state index contributed by atoms with van der Waals surface area (Å²) in [5.41, 5.74) is 0.755. The molecule has 0 atom stereocenters. The monoisotopic (exact) mass is 565 g/mol. The normalized spacial score (nSPS) is 10.2. The van der Waals surface area contributed by atoms with Gasteiger partial charge in [-0.15, -0.1) is 10.2 Å². The molecule has 40 heavy (non-hydrogen) atoms. The second-order valence-electron chi connectivity index (χ2n) is 7.74. The summed E-state index contributed by atoms with van der Waals surface area (Å²) in [6.07, 6.45) is 1.47. The highest BCUT2D eigenvalue weighted by Gasteiger charge is 2.23. The molecule has 0 saturated carbocycles. The third kappa shape index (κ3) is 6.76. The Morgan fingerprint density at radius 3 is 2.65 bits per heavy atom. The first-order valence-electron chi connectivity index (χ1n) is 12.1.